The number of aliphatic imine (C=N–C) groups is 1. The van der Waals surface area contributed by atoms with Crippen molar-refractivity contribution in [2.75, 3.05) is 7.11 Å². The highest BCUT2D eigenvalue weighted by Crippen LogP contribution is 2.32. The van der Waals surface area contributed by atoms with Crippen LogP contribution in [-0.4, -0.2) is 18.4 Å². The molecule has 0 heterocycles. The molecular formula is C21H18ClNO3. The first-order chi connectivity index (χ1) is 12.7. The van der Waals surface area contributed by atoms with E-state index in [1.807, 2.05) is 42.5 Å². The number of hydrogen-bond donors (Lipinski definition) is 1. The van der Waals surface area contributed by atoms with Gasteiger partial charge in [0.15, 0.2) is 11.5 Å². The van der Waals surface area contributed by atoms with E-state index in [1.54, 1.807) is 37.6 Å². The van der Waals surface area contributed by atoms with Gasteiger partial charge < -0.3 is 14.6 Å². The molecule has 0 fully saturated rings. The second kappa shape index (κ2) is 8.41. The van der Waals surface area contributed by atoms with E-state index in [1.165, 1.54) is 0 Å². The lowest BCUT2D eigenvalue weighted by molar-refractivity contribution is 0.284. The summed E-state index contributed by atoms with van der Waals surface area (Å²) in [5, 5.41) is 10.0. The summed E-state index contributed by atoms with van der Waals surface area (Å²) in [4.78, 5) is 4.43. The van der Waals surface area contributed by atoms with Crippen LogP contribution in [0.15, 0.2) is 71.7 Å². The number of phenolic OH excluding ortho intramolecular Hbond substituents is 1. The molecule has 0 saturated heterocycles. The lowest BCUT2D eigenvalue weighted by Gasteiger charge is -2.13. The third kappa shape index (κ3) is 4.35. The van der Waals surface area contributed by atoms with Crippen molar-refractivity contribution >= 4 is 23.5 Å². The number of halogens is 1. The zero-order valence-corrected chi connectivity index (χ0v) is 15.0. The lowest BCUT2D eigenvalue weighted by Crippen LogP contribution is -2.01. The van der Waals surface area contributed by atoms with Crippen LogP contribution in [0, 0.1) is 0 Å². The number of phenols is 1. The molecule has 132 valence electrons. The lowest BCUT2D eigenvalue weighted by atomic mass is 10.2. The SMILES string of the molecule is COc1cccc(C=Nc2ccc(O)cc2)c1OCc1ccccc1Cl. The summed E-state index contributed by atoms with van der Waals surface area (Å²) in [5.74, 6) is 1.42. The van der Waals surface area contributed by atoms with E-state index in [-0.39, 0.29) is 5.75 Å². The fourth-order valence-corrected chi connectivity index (χ4v) is 2.59. The van der Waals surface area contributed by atoms with Crippen LogP contribution in [-0.2, 0) is 6.61 Å². The maximum absolute atomic E-state index is 9.36. The number of ether oxygens (including phenoxy) is 2. The molecule has 0 unspecified atom stereocenters. The fraction of sp³-hybridized carbons (Fsp3) is 0.0952. The molecule has 0 atom stereocenters. The first kappa shape index (κ1) is 17.8. The van der Waals surface area contributed by atoms with Crippen LogP contribution in [0.2, 0.25) is 5.02 Å². The van der Waals surface area contributed by atoms with Crippen LogP contribution in [0.5, 0.6) is 17.2 Å². The summed E-state index contributed by atoms with van der Waals surface area (Å²) in [6.45, 7) is 0.320. The third-order valence-electron chi connectivity index (χ3n) is 3.76. The number of aromatic hydroxyl groups is 1. The molecule has 0 bridgehead atoms. The molecule has 0 aliphatic carbocycles. The van der Waals surface area contributed by atoms with Crippen LogP contribution >= 0.6 is 11.6 Å². The first-order valence-corrected chi connectivity index (χ1v) is 8.41. The summed E-state index contributed by atoms with van der Waals surface area (Å²) in [7, 11) is 1.60. The summed E-state index contributed by atoms with van der Waals surface area (Å²) in [6, 6.07) is 19.8. The van der Waals surface area contributed by atoms with Gasteiger partial charge in [0.1, 0.15) is 12.4 Å². The Kier molecular flexibility index (Phi) is 5.77. The number of methoxy groups -OCH3 is 1. The van der Waals surface area contributed by atoms with Crippen molar-refractivity contribution in [1.82, 2.24) is 0 Å². The van der Waals surface area contributed by atoms with Gasteiger partial charge >= 0.3 is 0 Å². The largest absolute Gasteiger partial charge is 0.508 e. The highest BCUT2D eigenvalue weighted by molar-refractivity contribution is 6.31. The summed E-state index contributed by atoms with van der Waals surface area (Å²) in [5.41, 5.74) is 2.40. The molecule has 0 aliphatic heterocycles. The molecule has 26 heavy (non-hydrogen) atoms. The summed E-state index contributed by atoms with van der Waals surface area (Å²) in [6.07, 6.45) is 1.71. The molecule has 0 spiro atoms. The predicted molar refractivity (Wildman–Crippen MR) is 104 cm³/mol. The van der Waals surface area contributed by atoms with Gasteiger partial charge in [0.05, 0.1) is 12.8 Å². The van der Waals surface area contributed by atoms with Crippen molar-refractivity contribution in [3.8, 4) is 17.2 Å². The highest BCUT2D eigenvalue weighted by Gasteiger charge is 2.10. The number of rotatable bonds is 6. The van der Waals surface area contributed by atoms with E-state index in [0.29, 0.717) is 23.1 Å². The van der Waals surface area contributed by atoms with E-state index < -0.39 is 0 Å². The van der Waals surface area contributed by atoms with E-state index in [0.717, 1.165) is 16.8 Å². The van der Waals surface area contributed by atoms with Crippen LogP contribution in [0.3, 0.4) is 0 Å². The van der Waals surface area contributed by atoms with E-state index >= 15 is 0 Å². The Morgan fingerprint density at radius 1 is 1.00 bits per heavy atom. The summed E-state index contributed by atoms with van der Waals surface area (Å²) >= 11 is 6.20. The molecule has 0 aromatic heterocycles. The average molecular weight is 368 g/mol. The Labute approximate surface area is 157 Å². The number of benzene rings is 3. The minimum absolute atomic E-state index is 0.203. The third-order valence-corrected chi connectivity index (χ3v) is 4.13. The standard InChI is InChI=1S/C21H18ClNO3/c1-25-20-8-4-6-15(13-23-17-9-11-18(24)12-10-17)21(20)26-14-16-5-2-3-7-19(16)22/h2-13,24H,14H2,1H3. The molecule has 0 aliphatic rings. The molecule has 0 amide bonds. The fourth-order valence-electron chi connectivity index (χ4n) is 2.40. The molecule has 4 nitrogen and oxygen atoms in total. The maximum atomic E-state index is 9.36. The van der Waals surface area contributed by atoms with Gasteiger partial charge in [-0.15, -0.1) is 0 Å². The Balaban J connectivity index is 1.86. The van der Waals surface area contributed by atoms with Crippen molar-refractivity contribution in [1.29, 1.82) is 0 Å². The zero-order chi connectivity index (χ0) is 18.4. The summed E-state index contributed by atoms with van der Waals surface area (Å²) < 4.78 is 11.4. The molecular weight excluding hydrogens is 350 g/mol. The van der Waals surface area contributed by atoms with Gasteiger partial charge in [-0.05, 0) is 42.5 Å². The second-order valence-corrected chi connectivity index (χ2v) is 5.94. The normalized spacial score (nSPS) is 10.8. The van der Waals surface area contributed by atoms with Gasteiger partial charge in [-0.25, -0.2) is 0 Å². The molecule has 5 heteroatoms. The number of hydrogen-bond acceptors (Lipinski definition) is 4. The zero-order valence-electron chi connectivity index (χ0n) is 14.2. The molecule has 3 aromatic carbocycles. The van der Waals surface area contributed by atoms with Crippen molar-refractivity contribution in [2.45, 2.75) is 6.61 Å². The van der Waals surface area contributed by atoms with Crippen LogP contribution < -0.4 is 9.47 Å². The molecule has 3 aromatic rings. The van der Waals surface area contributed by atoms with Crippen molar-refractivity contribution in [3.05, 3.63) is 82.9 Å². The quantitative estimate of drug-likeness (QED) is 0.595. The minimum atomic E-state index is 0.203. The van der Waals surface area contributed by atoms with Crippen LogP contribution in [0.25, 0.3) is 0 Å². The van der Waals surface area contributed by atoms with Gasteiger partial charge in [0.25, 0.3) is 0 Å². The van der Waals surface area contributed by atoms with E-state index in [2.05, 4.69) is 4.99 Å². The Bertz CT molecular complexity index is 907. The van der Waals surface area contributed by atoms with Crippen molar-refractivity contribution < 1.29 is 14.6 Å². The topological polar surface area (TPSA) is 51.0 Å². The second-order valence-electron chi connectivity index (χ2n) is 5.53. The van der Waals surface area contributed by atoms with Gasteiger partial charge in [-0.1, -0.05) is 35.9 Å². The van der Waals surface area contributed by atoms with Crippen LogP contribution in [0.4, 0.5) is 5.69 Å². The van der Waals surface area contributed by atoms with Crippen LogP contribution in [0.1, 0.15) is 11.1 Å². The molecule has 1 N–H and O–H groups in total. The molecule has 0 radical (unpaired) electrons. The average Bonchev–Trinajstić information content (AvgIpc) is 2.67. The van der Waals surface area contributed by atoms with E-state index in [4.69, 9.17) is 21.1 Å². The van der Waals surface area contributed by atoms with Gasteiger partial charge in [-0.3, -0.25) is 4.99 Å². The first-order valence-electron chi connectivity index (χ1n) is 8.03. The maximum Gasteiger partial charge on any atom is 0.170 e. The van der Waals surface area contributed by atoms with Gasteiger partial charge in [0.2, 0.25) is 0 Å². The predicted octanol–water partition coefficient (Wildman–Crippen LogP) is 5.38. The van der Waals surface area contributed by atoms with Gasteiger partial charge in [0, 0.05) is 22.4 Å². The van der Waals surface area contributed by atoms with Gasteiger partial charge in [-0.2, -0.15) is 0 Å². The Morgan fingerprint density at radius 2 is 1.77 bits per heavy atom. The van der Waals surface area contributed by atoms with Crippen molar-refractivity contribution in [3.63, 3.8) is 0 Å². The number of nitrogens with zero attached hydrogens (tertiary/aromatic N) is 1. The van der Waals surface area contributed by atoms with E-state index in [9.17, 15) is 5.11 Å². The van der Waals surface area contributed by atoms with Crippen molar-refractivity contribution in [2.24, 2.45) is 4.99 Å². The Hall–Kier alpha value is -2.98. The highest BCUT2D eigenvalue weighted by atomic mass is 35.5. The Morgan fingerprint density at radius 3 is 2.50 bits per heavy atom. The smallest absolute Gasteiger partial charge is 0.170 e. The molecule has 3 rings (SSSR count). The number of para-hydroxylation sites is 1. The molecule has 0 saturated carbocycles. The monoisotopic (exact) mass is 367 g/mol. The minimum Gasteiger partial charge on any atom is -0.508 e.